The predicted molar refractivity (Wildman–Crippen MR) is 82.4 cm³/mol. The van der Waals surface area contributed by atoms with Gasteiger partial charge in [0.15, 0.2) is 0 Å². The van der Waals surface area contributed by atoms with E-state index in [9.17, 15) is 9.50 Å². The van der Waals surface area contributed by atoms with E-state index in [2.05, 4.69) is 0 Å². The van der Waals surface area contributed by atoms with Crippen molar-refractivity contribution >= 4 is 11.6 Å². The van der Waals surface area contributed by atoms with Gasteiger partial charge in [-0.2, -0.15) is 0 Å². The van der Waals surface area contributed by atoms with Crippen LogP contribution in [0.5, 0.6) is 5.75 Å². The molecule has 0 fully saturated rings. The summed E-state index contributed by atoms with van der Waals surface area (Å²) in [6.45, 7) is 1.69. The van der Waals surface area contributed by atoms with Gasteiger partial charge in [0.05, 0.1) is 12.7 Å². The fraction of sp³-hybridized carbons (Fsp3) is 0.294. The summed E-state index contributed by atoms with van der Waals surface area (Å²) in [7, 11) is 1.60. The molecule has 0 saturated carbocycles. The number of ether oxygens (including phenoxy) is 1. The first kappa shape index (κ1) is 15.8. The van der Waals surface area contributed by atoms with E-state index in [0.717, 1.165) is 11.3 Å². The Morgan fingerprint density at radius 2 is 1.81 bits per heavy atom. The largest absolute Gasteiger partial charge is 0.497 e. The van der Waals surface area contributed by atoms with Crippen LogP contribution >= 0.6 is 11.6 Å². The molecule has 0 aliphatic carbocycles. The second-order valence-electron chi connectivity index (χ2n) is 5.43. The maximum Gasteiger partial charge on any atom is 0.126 e. The highest BCUT2D eigenvalue weighted by atomic mass is 35.5. The molecule has 0 bridgehead atoms. The summed E-state index contributed by atoms with van der Waals surface area (Å²) in [6.07, 6.45) is 0.619. The van der Waals surface area contributed by atoms with E-state index < -0.39 is 5.60 Å². The van der Waals surface area contributed by atoms with Gasteiger partial charge < -0.3 is 9.84 Å². The fourth-order valence-electron chi connectivity index (χ4n) is 2.33. The van der Waals surface area contributed by atoms with Crippen LogP contribution < -0.4 is 4.74 Å². The number of benzene rings is 2. The van der Waals surface area contributed by atoms with Crippen molar-refractivity contribution in [3.63, 3.8) is 0 Å². The minimum Gasteiger partial charge on any atom is -0.497 e. The lowest BCUT2D eigenvalue weighted by Crippen LogP contribution is -2.30. The quantitative estimate of drug-likeness (QED) is 0.904. The molecule has 1 atom stereocenters. The average Bonchev–Trinajstić information content (AvgIpc) is 2.43. The highest BCUT2D eigenvalue weighted by Crippen LogP contribution is 2.24. The summed E-state index contributed by atoms with van der Waals surface area (Å²) >= 11 is 5.88. The highest BCUT2D eigenvalue weighted by molar-refractivity contribution is 6.30. The van der Waals surface area contributed by atoms with Gasteiger partial charge in [-0.25, -0.2) is 4.39 Å². The molecule has 2 aromatic rings. The number of aliphatic hydroxyl groups is 1. The van der Waals surface area contributed by atoms with Gasteiger partial charge in [0.2, 0.25) is 0 Å². The van der Waals surface area contributed by atoms with Crippen molar-refractivity contribution in [2.45, 2.75) is 25.4 Å². The van der Waals surface area contributed by atoms with E-state index in [0.29, 0.717) is 17.0 Å². The molecule has 0 amide bonds. The van der Waals surface area contributed by atoms with Crippen LogP contribution in [-0.4, -0.2) is 17.8 Å². The predicted octanol–water partition coefficient (Wildman–Crippen LogP) is 4.02. The Morgan fingerprint density at radius 3 is 2.43 bits per heavy atom. The van der Waals surface area contributed by atoms with Crippen LogP contribution in [0.3, 0.4) is 0 Å². The molecule has 112 valence electrons. The Kier molecular flexibility index (Phi) is 4.86. The Hall–Kier alpha value is -1.58. The molecule has 0 aliphatic rings. The topological polar surface area (TPSA) is 29.5 Å². The summed E-state index contributed by atoms with van der Waals surface area (Å²) in [5.74, 6) is 0.411. The SMILES string of the molecule is COc1ccc(CC(C)(O)Cc2cc(Cl)ccc2F)cc1. The third-order valence-electron chi connectivity index (χ3n) is 3.32. The Balaban J connectivity index is 2.11. The highest BCUT2D eigenvalue weighted by Gasteiger charge is 2.23. The molecule has 2 rings (SSSR count). The molecule has 4 heteroatoms. The first-order chi connectivity index (χ1) is 9.89. The molecule has 1 N–H and O–H groups in total. The van der Waals surface area contributed by atoms with Crippen molar-refractivity contribution in [3.05, 3.63) is 64.4 Å². The van der Waals surface area contributed by atoms with Gasteiger partial charge >= 0.3 is 0 Å². The summed E-state index contributed by atoms with van der Waals surface area (Å²) in [5.41, 5.74) is 0.323. The minimum atomic E-state index is -1.06. The maximum absolute atomic E-state index is 13.8. The Morgan fingerprint density at radius 1 is 1.14 bits per heavy atom. The van der Waals surface area contributed by atoms with Crippen molar-refractivity contribution in [3.8, 4) is 5.75 Å². The average molecular weight is 309 g/mol. The van der Waals surface area contributed by atoms with Crippen molar-refractivity contribution in [2.75, 3.05) is 7.11 Å². The molecule has 2 aromatic carbocycles. The van der Waals surface area contributed by atoms with Gasteiger partial charge in [-0.15, -0.1) is 0 Å². The van der Waals surface area contributed by atoms with Crippen LogP contribution in [0.4, 0.5) is 4.39 Å². The number of hydrogen-bond acceptors (Lipinski definition) is 2. The zero-order chi connectivity index (χ0) is 15.5. The molecule has 0 saturated heterocycles. The number of methoxy groups -OCH3 is 1. The summed E-state index contributed by atoms with van der Waals surface area (Å²) in [6, 6.07) is 11.8. The van der Waals surface area contributed by atoms with E-state index in [-0.39, 0.29) is 12.2 Å². The van der Waals surface area contributed by atoms with Crippen molar-refractivity contribution in [1.82, 2.24) is 0 Å². The van der Waals surface area contributed by atoms with Gasteiger partial charge in [0.25, 0.3) is 0 Å². The summed E-state index contributed by atoms with van der Waals surface area (Å²) in [4.78, 5) is 0. The van der Waals surface area contributed by atoms with Crippen LogP contribution in [0.1, 0.15) is 18.1 Å². The number of hydrogen-bond donors (Lipinski definition) is 1. The smallest absolute Gasteiger partial charge is 0.126 e. The van der Waals surface area contributed by atoms with E-state index in [1.54, 1.807) is 20.1 Å². The Bertz CT molecular complexity index is 609. The minimum absolute atomic E-state index is 0.200. The van der Waals surface area contributed by atoms with Gasteiger partial charge in [-0.1, -0.05) is 23.7 Å². The standard InChI is InChI=1S/C17H18ClFO2/c1-17(20,10-12-3-6-15(21-2)7-4-12)11-13-9-14(18)5-8-16(13)19/h3-9,20H,10-11H2,1-2H3. The van der Waals surface area contributed by atoms with Gasteiger partial charge in [-0.05, 0) is 48.4 Å². The van der Waals surface area contributed by atoms with Crippen LogP contribution in [0.2, 0.25) is 5.02 Å². The molecule has 0 aromatic heterocycles. The van der Waals surface area contributed by atoms with Crippen LogP contribution in [0.25, 0.3) is 0 Å². The lowest BCUT2D eigenvalue weighted by molar-refractivity contribution is 0.0599. The molecular formula is C17H18ClFO2. The van der Waals surface area contributed by atoms with Crippen molar-refractivity contribution in [2.24, 2.45) is 0 Å². The Labute approximate surface area is 129 Å². The zero-order valence-corrected chi connectivity index (χ0v) is 12.8. The number of halogens is 2. The third kappa shape index (κ3) is 4.45. The third-order valence-corrected chi connectivity index (χ3v) is 3.56. The van der Waals surface area contributed by atoms with Crippen LogP contribution in [0, 0.1) is 5.82 Å². The summed E-state index contributed by atoms with van der Waals surface area (Å²) in [5, 5.41) is 11.0. The lowest BCUT2D eigenvalue weighted by atomic mass is 9.89. The number of rotatable bonds is 5. The van der Waals surface area contributed by atoms with E-state index in [4.69, 9.17) is 16.3 Å². The first-order valence-electron chi connectivity index (χ1n) is 6.69. The molecule has 2 nitrogen and oxygen atoms in total. The van der Waals surface area contributed by atoms with Crippen LogP contribution in [-0.2, 0) is 12.8 Å². The normalized spacial score (nSPS) is 13.8. The van der Waals surface area contributed by atoms with Gasteiger partial charge in [0, 0.05) is 17.9 Å². The van der Waals surface area contributed by atoms with Gasteiger partial charge in [-0.3, -0.25) is 0 Å². The second kappa shape index (κ2) is 6.46. The van der Waals surface area contributed by atoms with Crippen molar-refractivity contribution < 1.29 is 14.2 Å². The lowest BCUT2D eigenvalue weighted by Gasteiger charge is -2.24. The van der Waals surface area contributed by atoms with E-state index >= 15 is 0 Å². The van der Waals surface area contributed by atoms with E-state index in [1.807, 2.05) is 24.3 Å². The molecule has 0 heterocycles. The zero-order valence-electron chi connectivity index (χ0n) is 12.1. The first-order valence-corrected chi connectivity index (χ1v) is 7.07. The molecule has 0 aliphatic heterocycles. The molecule has 0 spiro atoms. The molecule has 21 heavy (non-hydrogen) atoms. The monoisotopic (exact) mass is 308 g/mol. The fourth-order valence-corrected chi connectivity index (χ4v) is 2.53. The second-order valence-corrected chi connectivity index (χ2v) is 5.87. The van der Waals surface area contributed by atoms with Crippen molar-refractivity contribution in [1.29, 1.82) is 0 Å². The molecular weight excluding hydrogens is 291 g/mol. The van der Waals surface area contributed by atoms with Crippen LogP contribution in [0.15, 0.2) is 42.5 Å². The van der Waals surface area contributed by atoms with Gasteiger partial charge in [0.1, 0.15) is 11.6 Å². The van der Waals surface area contributed by atoms with E-state index in [1.165, 1.54) is 12.1 Å². The molecule has 1 unspecified atom stereocenters. The summed E-state index contributed by atoms with van der Waals surface area (Å²) < 4.78 is 18.8. The maximum atomic E-state index is 13.8. The molecule has 0 radical (unpaired) electrons.